The molecule has 2 aromatic carbocycles. The van der Waals surface area contributed by atoms with Crippen LogP contribution in [0.2, 0.25) is 5.02 Å². The first-order valence-electron chi connectivity index (χ1n) is 5.78. The van der Waals surface area contributed by atoms with Crippen LogP contribution in [0.5, 0.6) is 0 Å². The number of rotatable bonds is 2. The van der Waals surface area contributed by atoms with Crippen LogP contribution >= 0.6 is 11.6 Å². The zero-order valence-electron chi connectivity index (χ0n) is 10.2. The molecule has 0 spiro atoms. The number of aromatic nitrogens is 2. The van der Waals surface area contributed by atoms with Gasteiger partial charge in [0.15, 0.2) is 0 Å². The highest BCUT2D eigenvalue weighted by Crippen LogP contribution is 2.26. The Hall–Kier alpha value is -2.40. The molecular weight excluding hydrogens is 281 g/mol. The van der Waals surface area contributed by atoms with Crippen LogP contribution in [-0.2, 0) is 0 Å². The molecule has 1 aromatic heterocycles. The van der Waals surface area contributed by atoms with E-state index >= 15 is 0 Å². The molecule has 0 saturated heterocycles. The summed E-state index contributed by atoms with van der Waals surface area (Å²) in [7, 11) is 0. The second kappa shape index (κ2) is 4.94. The molecule has 2 N–H and O–H groups in total. The van der Waals surface area contributed by atoms with E-state index in [0.717, 1.165) is 5.56 Å². The predicted octanol–water partition coefficient (Wildman–Crippen LogP) is 3.78. The fourth-order valence-corrected chi connectivity index (χ4v) is 1.90. The summed E-state index contributed by atoms with van der Waals surface area (Å²) in [6, 6.07) is 11.3. The summed E-state index contributed by atoms with van der Waals surface area (Å²) in [5.74, 6) is 0.216. The second-order valence-electron chi connectivity index (χ2n) is 4.17. The van der Waals surface area contributed by atoms with Crippen molar-refractivity contribution in [3.05, 3.63) is 53.3 Å². The molecule has 0 atom stereocenters. The molecule has 0 amide bonds. The summed E-state index contributed by atoms with van der Waals surface area (Å²) in [6.07, 6.45) is 0. The highest BCUT2D eigenvalue weighted by atomic mass is 35.5. The molecule has 0 saturated carbocycles. The van der Waals surface area contributed by atoms with Crippen LogP contribution in [0.15, 0.2) is 47.0 Å². The topological polar surface area (TPSA) is 64.9 Å². The van der Waals surface area contributed by atoms with Gasteiger partial charge in [0.1, 0.15) is 5.82 Å². The molecule has 0 bridgehead atoms. The van der Waals surface area contributed by atoms with Crippen molar-refractivity contribution in [1.29, 1.82) is 0 Å². The van der Waals surface area contributed by atoms with Gasteiger partial charge in [0.2, 0.25) is 5.82 Å². The van der Waals surface area contributed by atoms with Crippen molar-refractivity contribution in [3.63, 3.8) is 0 Å². The van der Waals surface area contributed by atoms with Crippen LogP contribution in [-0.4, -0.2) is 10.1 Å². The van der Waals surface area contributed by atoms with Gasteiger partial charge >= 0.3 is 0 Å². The van der Waals surface area contributed by atoms with Crippen LogP contribution in [0.4, 0.5) is 10.1 Å². The number of nitrogens with two attached hydrogens (primary N) is 1. The monoisotopic (exact) mass is 289 g/mol. The number of hydrogen-bond donors (Lipinski definition) is 1. The summed E-state index contributed by atoms with van der Waals surface area (Å²) in [4.78, 5) is 4.25. The summed E-state index contributed by atoms with van der Waals surface area (Å²) < 4.78 is 18.3. The first-order valence-corrected chi connectivity index (χ1v) is 6.16. The van der Waals surface area contributed by atoms with E-state index in [-0.39, 0.29) is 10.9 Å². The largest absolute Gasteiger partial charge is 0.399 e. The lowest BCUT2D eigenvalue weighted by Crippen LogP contribution is -1.85. The van der Waals surface area contributed by atoms with Gasteiger partial charge in [-0.2, -0.15) is 4.98 Å². The van der Waals surface area contributed by atoms with E-state index in [4.69, 9.17) is 21.9 Å². The van der Waals surface area contributed by atoms with Crippen LogP contribution in [0.1, 0.15) is 0 Å². The Morgan fingerprint density at radius 2 is 1.75 bits per heavy atom. The normalized spacial score (nSPS) is 10.7. The average Bonchev–Trinajstić information content (AvgIpc) is 2.92. The van der Waals surface area contributed by atoms with E-state index in [1.807, 2.05) is 0 Å². The summed E-state index contributed by atoms with van der Waals surface area (Å²) >= 11 is 5.73. The zero-order valence-corrected chi connectivity index (χ0v) is 10.9. The van der Waals surface area contributed by atoms with E-state index in [9.17, 15) is 4.39 Å². The van der Waals surface area contributed by atoms with Crippen LogP contribution < -0.4 is 5.73 Å². The van der Waals surface area contributed by atoms with Crippen LogP contribution in [0, 0.1) is 5.82 Å². The third-order valence-electron chi connectivity index (χ3n) is 2.76. The van der Waals surface area contributed by atoms with Crippen LogP contribution in [0.25, 0.3) is 22.8 Å². The Bertz CT molecular complexity index is 755. The van der Waals surface area contributed by atoms with Crippen molar-refractivity contribution in [2.24, 2.45) is 0 Å². The van der Waals surface area contributed by atoms with Gasteiger partial charge in [0.25, 0.3) is 5.89 Å². The molecule has 20 heavy (non-hydrogen) atoms. The van der Waals surface area contributed by atoms with Crippen molar-refractivity contribution in [3.8, 4) is 22.8 Å². The number of hydrogen-bond acceptors (Lipinski definition) is 4. The minimum Gasteiger partial charge on any atom is -0.399 e. The average molecular weight is 290 g/mol. The number of anilines is 1. The zero-order chi connectivity index (χ0) is 14.1. The molecule has 0 fully saturated rings. The fraction of sp³-hybridized carbons (Fsp3) is 0. The maximum Gasteiger partial charge on any atom is 0.258 e. The molecule has 0 aliphatic rings. The lowest BCUT2D eigenvalue weighted by molar-refractivity contribution is 0.432. The predicted molar refractivity (Wildman–Crippen MR) is 74.6 cm³/mol. The first kappa shape index (κ1) is 12.6. The Labute approximate surface area is 119 Å². The highest BCUT2D eigenvalue weighted by Gasteiger charge is 2.12. The fourth-order valence-electron chi connectivity index (χ4n) is 1.72. The maximum atomic E-state index is 13.1. The van der Waals surface area contributed by atoms with Gasteiger partial charge < -0.3 is 10.3 Å². The molecule has 100 valence electrons. The molecule has 0 radical (unpaired) electrons. The number of halogens is 2. The molecular formula is C14H9ClFN3O. The van der Waals surface area contributed by atoms with E-state index in [1.165, 1.54) is 18.2 Å². The van der Waals surface area contributed by atoms with Crippen LogP contribution in [0.3, 0.4) is 0 Å². The molecule has 0 aliphatic carbocycles. The van der Waals surface area contributed by atoms with E-state index in [2.05, 4.69) is 10.1 Å². The van der Waals surface area contributed by atoms with Crippen molar-refractivity contribution >= 4 is 17.3 Å². The minimum absolute atomic E-state index is 0.00901. The third-order valence-corrected chi connectivity index (χ3v) is 3.05. The Morgan fingerprint density at radius 3 is 2.45 bits per heavy atom. The molecule has 3 rings (SSSR count). The number of nitrogens with zero attached hydrogens (tertiary/aromatic N) is 2. The second-order valence-corrected chi connectivity index (χ2v) is 4.58. The van der Waals surface area contributed by atoms with Crippen molar-refractivity contribution in [2.75, 3.05) is 5.73 Å². The quantitative estimate of drug-likeness (QED) is 0.729. The lowest BCUT2D eigenvalue weighted by atomic mass is 10.2. The van der Waals surface area contributed by atoms with E-state index < -0.39 is 5.82 Å². The van der Waals surface area contributed by atoms with Gasteiger partial charge in [-0.3, -0.25) is 0 Å². The van der Waals surface area contributed by atoms with E-state index in [0.29, 0.717) is 17.1 Å². The summed E-state index contributed by atoms with van der Waals surface area (Å²) in [6.45, 7) is 0. The standard InChI is InChI=1S/C14H9ClFN3O/c15-11-7-9(3-6-12(11)16)14-18-13(19-20-14)8-1-4-10(17)5-2-8/h1-7H,17H2. The van der Waals surface area contributed by atoms with Gasteiger partial charge in [0, 0.05) is 16.8 Å². The van der Waals surface area contributed by atoms with Gasteiger partial charge in [-0.15, -0.1) is 0 Å². The molecule has 4 nitrogen and oxygen atoms in total. The molecule has 3 aromatic rings. The van der Waals surface area contributed by atoms with Gasteiger partial charge in [0.05, 0.1) is 5.02 Å². The van der Waals surface area contributed by atoms with Gasteiger partial charge in [-0.05, 0) is 42.5 Å². The summed E-state index contributed by atoms with van der Waals surface area (Å²) in [5, 5.41) is 3.89. The molecule has 1 heterocycles. The lowest BCUT2D eigenvalue weighted by Gasteiger charge is -1.96. The van der Waals surface area contributed by atoms with Crippen molar-refractivity contribution in [1.82, 2.24) is 10.1 Å². The SMILES string of the molecule is Nc1ccc(-c2noc(-c3ccc(F)c(Cl)c3)n2)cc1. The molecule has 0 aliphatic heterocycles. The van der Waals surface area contributed by atoms with E-state index in [1.54, 1.807) is 24.3 Å². The number of nitrogen functional groups attached to an aromatic ring is 1. The van der Waals surface area contributed by atoms with Gasteiger partial charge in [-0.1, -0.05) is 16.8 Å². The van der Waals surface area contributed by atoms with Crippen molar-refractivity contribution in [2.45, 2.75) is 0 Å². The first-order chi connectivity index (χ1) is 9.63. The Balaban J connectivity index is 1.97. The highest BCUT2D eigenvalue weighted by molar-refractivity contribution is 6.31. The molecule has 0 unspecified atom stereocenters. The summed E-state index contributed by atoms with van der Waals surface area (Å²) in [5.41, 5.74) is 7.61. The van der Waals surface area contributed by atoms with Crippen molar-refractivity contribution < 1.29 is 8.91 Å². The Morgan fingerprint density at radius 1 is 1.05 bits per heavy atom. The Kier molecular flexibility index (Phi) is 3.12. The third kappa shape index (κ3) is 2.35. The van der Waals surface area contributed by atoms with Gasteiger partial charge in [-0.25, -0.2) is 4.39 Å². The maximum absolute atomic E-state index is 13.1. The minimum atomic E-state index is -0.492. The smallest absolute Gasteiger partial charge is 0.258 e. The number of benzene rings is 2. The molecule has 6 heteroatoms.